The molecule has 0 aromatic heterocycles. The SMILES string of the molecule is CCC1CCCC1CC(C)(C)CC. The van der Waals surface area contributed by atoms with Crippen LogP contribution in [0.25, 0.3) is 0 Å². The number of rotatable bonds is 4. The van der Waals surface area contributed by atoms with Crippen molar-refractivity contribution in [2.45, 2.75) is 66.2 Å². The Bertz CT molecular complexity index is 146. The summed E-state index contributed by atoms with van der Waals surface area (Å²) in [5, 5.41) is 0. The lowest BCUT2D eigenvalue weighted by Crippen LogP contribution is -2.18. The van der Waals surface area contributed by atoms with Gasteiger partial charge in [0.25, 0.3) is 0 Å². The zero-order valence-electron chi connectivity index (χ0n) is 9.90. The van der Waals surface area contributed by atoms with E-state index in [-0.39, 0.29) is 0 Å². The maximum absolute atomic E-state index is 2.43. The Balaban J connectivity index is 2.43. The van der Waals surface area contributed by atoms with Crippen LogP contribution in [0.4, 0.5) is 0 Å². The number of hydrogen-bond donors (Lipinski definition) is 0. The van der Waals surface area contributed by atoms with Crippen molar-refractivity contribution in [3.05, 3.63) is 0 Å². The first-order valence-corrected chi connectivity index (χ1v) is 6.09. The lowest BCUT2D eigenvalue weighted by atomic mass is 9.76. The van der Waals surface area contributed by atoms with Gasteiger partial charge >= 0.3 is 0 Å². The van der Waals surface area contributed by atoms with Gasteiger partial charge in [-0.05, 0) is 23.7 Å². The molecule has 0 amide bonds. The van der Waals surface area contributed by atoms with Gasteiger partial charge in [-0.15, -0.1) is 0 Å². The van der Waals surface area contributed by atoms with E-state index in [1.54, 1.807) is 0 Å². The van der Waals surface area contributed by atoms with E-state index in [9.17, 15) is 0 Å². The van der Waals surface area contributed by atoms with E-state index < -0.39 is 0 Å². The molecule has 0 bridgehead atoms. The second kappa shape index (κ2) is 4.48. The molecule has 0 N–H and O–H groups in total. The first-order valence-electron chi connectivity index (χ1n) is 6.09. The normalized spacial score (nSPS) is 29.5. The fraction of sp³-hybridized carbons (Fsp3) is 1.00. The Labute approximate surface area is 84.1 Å². The average molecular weight is 182 g/mol. The minimum atomic E-state index is 0.586. The van der Waals surface area contributed by atoms with E-state index in [0.29, 0.717) is 5.41 Å². The summed E-state index contributed by atoms with van der Waals surface area (Å²) in [5.74, 6) is 2.09. The summed E-state index contributed by atoms with van der Waals surface area (Å²) in [6.07, 6.45) is 8.69. The van der Waals surface area contributed by atoms with Gasteiger partial charge < -0.3 is 0 Å². The van der Waals surface area contributed by atoms with Gasteiger partial charge in [0.05, 0.1) is 0 Å². The summed E-state index contributed by atoms with van der Waals surface area (Å²) in [4.78, 5) is 0. The van der Waals surface area contributed by atoms with E-state index in [1.807, 2.05) is 0 Å². The van der Waals surface area contributed by atoms with Crippen LogP contribution in [0, 0.1) is 17.3 Å². The van der Waals surface area contributed by atoms with Crippen molar-refractivity contribution in [2.75, 3.05) is 0 Å². The van der Waals surface area contributed by atoms with Crippen LogP contribution in [-0.4, -0.2) is 0 Å². The highest BCUT2D eigenvalue weighted by Crippen LogP contribution is 2.42. The summed E-state index contributed by atoms with van der Waals surface area (Å²) >= 11 is 0. The van der Waals surface area contributed by atoms with Crippen LogP contribution in [0.1, 0.15) is 66.2 Å². The van der Waals surface area contributed by atoms with Crippen molar-refractivity contribution in [1.29, 1.82) is 0 Å². The van der Waals surface area contributed by atoms with Crippen LogP contribution in [0.5, 0.6) is 0 Å². The van der Waals surface area contributed by atoms with Gasteiger partial charge in [-0.3, -0.25) is 0 Å². The van der Waals surface area contributed by atoms with Crippen LogP contribution < -0.4 is 0 Å². The minimum absolute atomic E-state index is 0.586. The molecule has 2 unspecified atom stereocenters. The molecular formula is C13H26. The van der Waals surface area contributed by atoms with Crippen molar-refractivity contribution in [3.63, 3.8) is 0 Å². The molecule has 0 aliphatic heterocycles. The first-order chi connectivity index (χ1) is 6.09. The molecule has 78 valence electrons. The molecule has 1 saturated carbocycles. The topological polar surface area (TPSA) is 0 Å². The summed E-state index contributed by atoms with van der Waals surface area (Å²) in [6, 6.07) is 0. The Kier molecular flexibility index (Phi) is 3.82. The van der Waals surface area contributed by atoms with Crippen molar-refractivity contribution < 1.29 is 0 Å². The van der Waals surface area contributed by atoms with Gasteiger partial charge in [0, 0.05) is 0 Å². The molecular weight excluding hydrogens is 156 g/mol. The van der Waals surface area contributed by atoms with Crippen LogP contribution in [0.2, 0.25) is 0 Å². The number of hydrogen-bond acceptors (Lipinski definition) is 0. The second-order valence-corrected chi connectivity index (χ2v) is 5.58. The summed E-state index contributed by atoms with van der Waals surface area (Å²) < 4.78 is 0. The molecule has 0 heteroatoms. The lowest BCUT2D eigenvalue weighted by Gasteiger charge is -2.29. The summed E-state index contributed by atoms with van der Waals surface area (Å²) in [6.45, 7) is 9.55. The van der Waals surface area contributed by atoms with E-state index >= 15 is 0 Å². The van der Waals surface area contributed by atoms with Crippen LogP contribution in [-0.2, 0) is 0 Å². The molecule has 0 aromatic carbocycles. The fourth-order valence-corrected chi connectivity index (χ4v) is 2.77. The molecule has 1 aliphatic rings. The standard InChI is InChI=1S/C13H26/c1-5-11-8-7-9-12(11)10-13(3,4)6-2/h11-12H,5-10H2,1-4H3. The molecule has 0 heterocycles. The zero-order chi connectivity index (χ0) is 9.90. The zero-order valence-corrected chi connectivity index (χ0v) is 9.90. The lowest BCUT2D eigenvalue weighted by molar-refractivity contribution is 0.218. The highest BCUT2D eigenvalue weighted by atomic mass is 14.4. The Morgan fingerprint density at radius 2 is 1.69 bits per heavy atom. The third kappa shape index (κ3) is 3.00. The molecule has 1 fully saturated rings. The van der Waals surface area contributed by atoms with E-state index in [1.165, 1.54) is 38.5 Å². The Morgan fingerprint density at radius 1 is 1.08 bits per heavy atom. The first kappa shape index (κ1) is 11.1. The van der Waals surface area contributed by atoms with Crippen molar-refractivity contribution >= 4 is 0 Å². The molecule has 0 spiro atoms. The van der Waals surface area contributed by atoms with Crippen LogP contribution in [0.3, 0.4) is 0 Å². The molecule has 13 heavy (non-hydrogen) atoms. The average Bonchev–Trinajstić information content (AvgIpc) is 2.51. The van der Waals surface area contributed by atoms with Gasteiger partial charge in [0.15, 0.2) is 0 Å². The smallest absolute Gasteiger partial charge is 0.0354 e. The molecule has 0 nitrogen and oxygen atoms in total. The maximum Gasteiger partial charge on any atom is -0.0354 e. The van der Waals surface area contributed by atoms with E-state index in [4.69, 9.17) is 0 Å². The van der Waals surface area contributed by atoms with Gasteiger partial charge in [0.1, 0.15) is 0 Å². The van der Waals surface area contributed by atoms with Gasteiger partial charge in [-0.25, -0.2) is 0 Å². The second-order valence-electron chi connectivity index (χ2n) is 5.58. The largest absolute Gasteiger partial charge is 0.0651 e. The van der Waals surface area contributed by atoms with Crippen molar-refractivity contribution in [3.8, 4) is 0 Å². The van der Waals surface area contributed by atoms with Gasteiger partial charge in [-0.2, -0.15) is 0 Å². The molecule has 0 radical (unpaired) electrons. The van der Waals surface area contributed by atoms with Crippen molar-refractivity contribution in [1.82, 2.24) is 0 Å². The van der Waals surface area contributed by atoms with Crippen LogP contribution >= 0.6 is 0 Å². The minimum Gasteiger partial charge on any atom is -0.0651 e. The summed E-state index contributed by atoms with van der Waals surface area (Å²) in [7, 11) is 0. The Morgan fingerprint density at radius 3 is 2.23 bits per heavy atom. The third-order valence-corrected chi connectivity index (χ3v) is 4.11. The highest BCUT2D eigenvalue weighted by Gasteiger charge is 2.30. The summed E-state index contributed by atoms with van der Waals surface area (Å²) in [5.41, 5.74) is 0.586. The van der Waals surface area contributed by atoms with Gasteiger partial charge in [0.2, 0.25) is 0 Å². The van der Waals surface area contributed by atoms with E-state index in [2.05, 4.69) is 27.7 Å². The molecule has 1 aliphatic carbocycles. The predicted octanol–water partition coefficient (Wildman–Crippen LogP) is 4.64. The predicted molar refractivity (Wildman–Crippen MR) is 59.8 cm³/mol. The van der Waals surface area contributed by atoms with Gasteiger partial charge in [-0.1, -0.05) is 59.8 Å². The molecule has 1 rings (SSSR count). The van der Waals surface area contributed by atoms with Crippen molar-refractivity contribution in [2.24, 2.45) is 17.3 Å². The molecule has 2 atom stereocenters. The quantitative estimate of drug-likeness (QED) is 0.594. The monoisotopic (exact) mass is 182 g/mol. The third-order valence-electron chi connectivity index (χ3n) is 4.11. The fourth-order valence-electron chi connectivity index (χ4n) is 2.77. The Hall–Kier alpha value is 0. The maximum atomic E-state index is 2.43. The van der Waals surface area contributed by atoms with E-state index in [0.717, 1.165) is 11.8 Å². The molecule has 0 saturated heterocycles. The molecule has 0 aromatic rings. The van der Waals surface area contributed by atoms with Crippen LogP contribution in [0.15, 0.2) is 0 Å². The highest BCUT2D eigenvalue weighted by molar-refractivity contribution is 4.81.